The molecule has 16 heavy (non-hydrogen) atoms. The van der Waals surface area contributed by atoms with E-state index in [-0.39, 0.29) is 0 Å². The van der Waals surface area contributed by atoms with E-state index >= 15 is 0 Å². The monoisotopic (exact) mass is 218 g/mol. The standard InChI is InChI=1S/C13H18N2O/c1-2-16-14-11-12-5-7-13(8-6-12)15-9-3-4-10-15/h5-8,11H,2-4,9-10H2,1H3. The third-order valence-electron chi connectivity index (χ3n) is 2.77. The highest BCUT2D eigenvalue weighted by Crippen LogP contribution is 2.19. The van der Waals surface area contributed by atoms with Crippen LogP contribution in [0.5, 0.6) is 0 Å². The molecule has 1 aliphatic heterocycles. The molecule has 0 amide bonds. The Bertz CT molecular complexity index is 339. The molecule has 0 aliphatic carbocycles. The Hall–Kier alpha value is -1.51. The molecule has 0 saturated carbocycles. The van der Waals surface area contributed by atoms with Crippen LogP contribution in [0.15, 0.2) is 29.4 Å². The van der Waals surface area contributed by atoms with E-state index in [0.717, 1.165) is 5.56 Å². The Morgan fingerprint density at radius 3 is 2.56 bits per heavy atom. The summed E-state index contributed by atoms with van der Waals surface area (Å²) in [5, 5.41) is 3.85. The number of nitrogens with zero attached hydrogens (tertiary/aromatic N) is 2. The molecular weight excluding hydrogens is 200 g/mol. The minimum Gasteiger partial charge on any atom is -0.396 e. The SMILES string of the molecule is CCON=Cc1ccc(N2CCCC2)cc1. The predicted octanol–water partition coefficient (Wildman–Crippen LogP) is 2.66. The van der Waals surface area contributed by atoms with Gasteiger partial charge in [0.05, 0.1) is 6.21 Å². The van der Waals surface area contributed by atoms with Crippen LogP contribution < -0.4 is 4.90 Å². The maximum atomic E-state index is 4.93. The summed E-state index contributed by atoms with van der Waals surface area (Å²) in [6, 6.07) is 8.46. The molecule has 86 valence electrons. The highest BCUT2D eigenvalue weighted by Gasteiger charge is 2.11. The summed E-state index contributed by atoms with van der Waals surface area (Å²) in [5.41, 5.74) is 2.39. The second-order valence-corrected chi connectivity index (χ2v) is 3.94. The molecule has 3 heteroatoms. The third-order valence-corrected chi connectivity index (χ3v) is 2.77. The average molecular weight is 218 g/mol. The van der Waals surface area contributed by atoms with Crippen LogP contribution in [0.4, 0.5) is 5.69 Å². The van der Waals surface area contributed by atoms with Crippen LogP contribution in [-0.4, -0.2) is 25.9 Å². The van der Waals surface area contributed by atoms with Crippen molar-refractivity contribution in [2.75, 3.05) is 24.6 Å². The van der Waals surface area contributed by atoms with Gasteiger partial charge in [0.2, 0.25) is 0 Å². The molecule has 0 unspecified atom stereocenters. The molecular formula is C13H18N2O. The Kier molecular flexibility index (Phi) is 3.81. The minimum atomic E-state index is 0.613. The van der Waals surface area contributed by atoms with E-state index in [1.807, 2.05) is 6.92 Å². The predicted molar refractivity (Wildman–Crippen MR) is 67.1 cm³/mol. The topological polar surface area (TPSA) is 24.8 Å². The van der Waals surface area contributed by atoms with Crippen molar-refractivity contribution in [3.63, 3.8) is 0 Å². The molecule has 1 saturated heterocycles. The molecule has 3 nitrogen and oxygen atoms in total. The summed E-state index contributed by atoms with van der Waals surface area (Å²) < 4.78 is 0. The van der Waals surface area contributed by atoms with Crippen molar-refractivity contribution in [1.29, 1.82) is 0 Å². The second kappa shape index (κ2) is 5.54. The van der Waals surface area contributed by atoms with Gasteiger partial charge in [0.15, 0.2) is 0 Å². The third kappa shape index (κ3) is 2.75. The van der Waals surface area contributed by atoms with Crippen molar-refractivity contribution in [2.45, 2.75) is 19.8 Å². The van der Waals surface area contributed by atoms with E-state index in [9.17, 15) is 0 Å². The first-order chi connectivity index (χ1) is 7.90. The van der Waals surface area contributed by atoms with Gasteiger partial charge in [0.1, 0.15) is 6.61 Å². The number of hydrogen-bond donors (Lipinski definition) is 0. The summed E-state index contributed by atoms with van der Waals surface area (Å²) >= 11 is 0. The normalized spacial score (nSPS) is 15.9. The van der Waals surface area contributed by atoms with E-state index in [4.69, 9.17) is 4.84 Å². The lowest BCUT2D eigenvalue weighted by Gasteiger charge is -2.17. The number of oxime groups is 1. The van der Waals surface area contributed by atoms with Crippen LogP contribution in [0.1, 0.15) is 25.3 Å². The van der Waals surface area contributed by atoms with Crippen molar-refractivity contribution < 1.29 is 4.84 Å². The molecule has 0 radical (unpaired) electrons. The molecule has 0 atom stereocenters. The number of anilines is 1. The zero-order valence-corrected chi connectivity index (χ0v) is 9.72. The Labute approximate surface area is 96.7 Å². The van der Waals surface area contributed by atoms with Gasteiger partial charge in [-0.1, -0.05) is 17.3 Å². The molecule has 0 bridgehead atoms. The van der Waals surface area contributed by atoms with Crippen molar-refractivity contribution in [1.82, 2.24) is 0 Å². The smallest absolute Gasteiger partial charge is 0.114 e. The van der Waals surface area contributed by atoms with Crippen LogP contribution in [0.25, 0.3) is 0 Å². The van der Waals surface area contributed by atoms with Crippen LogP contribution in [0.3, 0.4) is 0 Å². The number of hydrogen-bond acceptors (Lipinski definition) is 3. The fourth-order valence-corrected chi connectivity index (χ4v) is 1.92. The molecule has 1 aromatic carbocycles. The molecule has 1 fully saturated rings. The summed E-state index contributed by atoms with van der Waals surface area (Å²) in [5.74, 6) is 0. The first kappa shape index (κ1) is 11.0. The van der Waals surface area contributed by atoms with E-state index in [1.54, 1.807) is 6.21 Å². The fourth-order valence-electron chi connectivity index (χ4n) is 1.92. The van der Waals surface area contributed by atoms with Crippen molar-refractivity contribution in [3.8, 4) is 0 Å². The number of benzene rings is 1. The minimum absolute atomic E-state index is 0.613. The Morgan fingerprint density at radius 2 is 1.94 bits per heavy atom. The first-order valence-electron chi connectivity index (χ1n) is 5.90. The van der Waals surface area contributed by atoms with Crippen molar-refractivity contribution in [2.24, 2.45) is 5.16 Å². The Morgan fingerprint density at radius 1 is 1.25 bits per heavy atom. The van der Waals surface area contributed by atoms with Gasteiger partial charge in [-0.2, -0.15) is 0 Å². The van der Waals surface area contributed by atoms with Gasteiger partial charge in [-0.3, -0.25) is 0 Å². The maximum Gasteiger partial charge on any atom is 0.114 e. The first-order valence-corrected chi connectivity index (χ1v) is 5.90. The Balaban J connectivity index is 1.98. The lowest BCUT2D eigenvalue weighted by Crippen LogP contribution is -2.17. The highest BCUT2D eigenvalue weighted by atomic mass is 16.6. The molecule has 1 aliphatic rings. The fraction of sp³-hybridized carbons (Fsp3) is 0.462. The number of rotatable bonds is 4. The van der Waals surface area contributed by atoms with Gasteiger partial charge in [0, 0.05) is 18.8 Å². The van der Waals surface area contributed by atoms with Gasteiger partial charge in [0.25, 0.3) is 0 Å². The van der Waals surface area contributed by atoms with Crippen LogP contribution in [-0.2, 0) is 4.84 Å². The summed E-state index contributed by atoms with van der Waals surface area (Å²) in [7, 11) is 0. The summed E-state index contributed by atoms with van der Waals surface area (Å²) in [6.45, 7) is 4.91. The molecule has 0 N–H and O–H groups in total. The lowest BCUT2D eigenvalue weighted by molar-refractivity contribution is 0.160. The summed E-state index contributed by atoms with van der Waals surface area (Å²) in [4.78, 5) is 7.35. The molecule has 2 rings (SSSR count). The van der Waals surface area contributed by atoms with E-state index < -0.39 is 0 Å². The molecule has 1 heterocycles. The van der Waals surface area contributed by atoms with Gasteiger partial charge < -0.3 is 9.74 Å². The van der Waals surface area contributed by atoms with Crippen LogP contribution >= 0.6 is 0 Å². The van der Waals surface area contributed by atoms with E-state index in [0.29, 0.717) is 6.61 Å². The van der Waals surface area contributed by atoms with E-state index in [2.05, 4.69) is 34.3 Å². The lowest BCUT2D eigenvalue weighted by atomic mass is 10.2. The highest BCUT2D eigenvalue weighted by molar-refractivity contribution is 5.79. The summed E-state index contributed by atoms with van der Waals surface area (Å²) in [6.07, 6.45) is 4.37. The van der Waals surface area contributed by atoms with Gasteiger partial charge in [-0.05, 0) is 37.5 Å². The average Bonchev–Trinajstić information content (AvgIpc) is 2.84. The van der Waals surface area contributed by atoms with Crippen LogP contribution in [0, 0.1) is 0 Å². The van der Waals surface area contributed by atoms with Gasteiger partial charge >= 0.3 is 0 Å². The zero-order valence-electron chi connectivity index (χ0n) is 9.72. The van der Waals surface area contributed by atoms with Gasteiger partial charge in [-0.25, -0.2) is 0 Å². The van der Waals surface area contributed by atoms with Crippen molar-refractivity contribution >= 4 is 11.9 Å². The quantitative estimate of drug-likeness (QED) is 0.573. The van der Waals surface area contributed by atoms with Gasteiger partial charge in [-0.15, -0.1) is 0 Å². The van der Waals surface area contributed by atoms with Crippen molar-refractivity contribution in [3.05, 3.63) is 29.8 Å². The zero-order chi connectivity index (χ0) is 11.2. The van der Waals surface area contributed by atoms with E-state index in [1.165, 1.54) is 31.6 Å². The molecule has 0 aromatic heterocycles. The maximum absolute atomic E-state index is 4.93. The molecule has 0 spiro atoms. The second-order valence-electron chi connectivity index (χ2n) is 3.94. The largest absolute Gasteiger partial charge is 0.396 e. The van der Waals surface area contributed by atoms with Crippen LogP contribution in [0.2, 0.25) is 0 Å². The molecule has 1 aromatic rings.